The summed E-state index contributed by atoms with van der Waals surface area (Å²) in [6.07, 6.45) is 4.29. The number of hydrogen-bond donors (Lipinski definition) is 1. The minimum absolute atomic E-state index is 0.138. The summed E-state index contributed by atoms with van der Waals surface area (Å²) in [6, 6.07) is 7.52. The van der Waals surface area contributed by atoms with Crippen LogP contribution in [0.1, 0.15) is 31.7 Å². The van der Waals surface area contributed by atoms with Crippen molar-refractivity contribution in [2.75, 3.05) is 0 Å². The zero-order valence-corrected chi connectivity index (χ0v) is 12.5. The van der Waals surface area contributed by atoms with Crippen molar-refractivity contribution in [1.82, 2.24) is 9.55 Å². The van der Waals surface area contributed by atoms with Crippen LogP contribution in [-0.4, -0.2) is 20.6 Å². The summed E-state index contributed by atoms with van der Waals surface area (Å²) in [5.41, 5.74) is 0.445. The Kier molecular flexibility index (Phi) is 4.31. The molecular formula is C16H20N2O3. The van der Waals surface area contributed by atoms with E-state index in [9.17, 15) is 4.79 Å². The zero-order chi connectivity index (χ0) is 15.5. The van der Waals surface area contributed by atoms with Gasteiger partial charge >= 0.3 is 5.97 Å². The molecule has 0 bridgehead atoms. The fraction of sp³-hybridized carbons (Fsp3) is 0.375. The molecule has 1 heterocycles. The molecule has 0 aliphatic carbocycles. The largest absolute Gasteiger partial charge is 0.481 e. The van der Waals surface area contributed by atoms with Gasteiger partial charge in [0.2, 0.25) is 0 Å². The molecule has 2 rings (SSSR count). The van der Waals surface area contributed by atoms with Gasteiger partial charge in [-0.25, -0.2) is 4.98 Å². The van der Waals surface area contributed by atoms with Crippen LogP contribution in [0, 0.1) is 0 Å². The summed E-state index contributed by atoms with van der Waals surface area (Å²) < 4.78 is 7.94. The summed E-state index contributed by atoms with van der Waals surface area (Å²) in [4.78, 5) is 14.9. The number of carboxylic acid groups (broad SMARTS) is 1. The topological polar surface area (TPSA) is 64.4 Å². The molecule has 0 spiro atoms. The Morgan fingerprint density at radius 2 is 2.00 bits per heavy atom. The monoisotopic (exact) mass is 288 g/mol. The highest BCUT2D eigenvalue weighted by Gasteiger charge is 2.27. The van der Waals surface area contributed by atoms with Gasteiger partial charge in [0.1, 0.15) is 5.75 Å². The zero-order valence-electron chi connectivity index (χ0n) is 12.5. The van der Waals surface area contributed by atoms with Crippen LogP contribution in [0.5, 0.6) is 5.75 Å². The second-order valence-corrected chi connectivity index (χ2v) is 5.51. The fourth-order valence-corrected chi connectivity index (χ4v) is 2.26. The van der Waals surface area contributed by atoms with E-state index in [4.69, 9.17) is 9.84 Å². The number of benzene rings is 1. The van der Waals surface area contributed by atoms with Crippen molar-refractivity contribution in [3.63, 3.8) is 0 Å². The van der Waals surface area contributed by atoms with Crippen molar-refractivity contribution in [2.24, 2.45) is 7.05 Å². The van der Waals surface area contributed by atoms with Crippen LogP contribution < -0.4 is 4.74 Å². The molecule has 2 aromatic rings. The number of aromatic nitrogens is 2. The number of aryl methyl sites for hydroxylation is 2. The molecule has 0 saturated heterocycles. The molecule has 1 aromatic heterocycles. The van der Waals surface area contributed by atoms with Gasteiger partial charge in [-0.3, -0.25) is 4.79 Å². The number of carbonyl (C=O) groups is 1. The third-order valence-corrected chi connectivity index (χ3v) is 3.28. The maximum atomic E-state index is 10.6. The van der Waals surface area contributed by atoms with E-state index >= 15 is 0 Å². The number of nitrogens with zero attached hydrogens (tertiary/aromatic N) is 2. The van der Waals surface area contributed by atoms with Gasteiger partial charge in [-0.1, -0.05) is 12.1 Å². The first kappa shape index (κ1) is 15.1. The van der Waals surface area contributed by atoms with Crippen LogP contribution in [0.2, 0.25) is 0 Å². The van der Waals surface area contributed by atoms with Crippen molar-refractivity contribution < 1.29 is 14.6 Å². The smallest absolute Gasteiger partial charge is 0.303 e. The molecule has 0 saturated carbocycles. The Hall–Kier alpha value is -2.30. The van der Waals surface area contributed by atoms with Crippen LogP contribution in [0.3, 0.4) is 0 Å². The molecule has 5 heteroatoms. The van der Waals surface area contributed by atoms with Gasteiger partial charge in [0, 0.05) is 25.9 Å². The first-order chi connectivity index (χ1) is 9.88. The first-order valence-corrected chi connectivity index (χ1v) is 6.86. The Balaban J connectivity index is 2.06. The Morgan fingerprint density at radius 1 is 1.33 bits per heavy atom. The Labute approximate surface area is 124 Å². The highest BCUT2D eigenvalue weighted by atomic mass is 16.5. The van der Waals surface area contributed by atoms with E-state index in [0.29, 0.717) is 6.42 Å². The predicted molar refractivity (Wildman–Crippen MR) is 79.3 cm³/mol. The third kappa shape index (κ3) is 3.84. The van der Waals surface area contributed by atoms with Crippen molar-refractivity contribution in [3.8, 4) is 5.75 Å². The summed E-state index contributed by atoms with van der Waals surface area (Å²) >= 11 is 0. The molecule has 0 unspecified atom stereocenters. The van der Waals surface area contributed by atoms with E-state index in [1.54, 1.807) is 6.20 Å². The number of ether oxygens (including phenoxy) is 1. The molecule has 5 nitrogen and oxygen atoms in total. The lowest BCUT2D eigenvalue weighted by Crippen LogP contribution is -2.28. The minimum Gasteiger partial charge on any atom is -0.481 e. The van der Waals surface area contributed by atoms with Crippen LogP contribution in [0.4, 0.5) is 0 Å². The quantitative estimate of drug-likeness (QED) is 0.887. The van der Waals surface area contributed by atoms with Crippen molar-refractivity contribution in [2.45, 2.75) is 32.3 Å². The molecule has 0 amide bonds. The van der Waals surface area contributed by atoms with Gasteiger partial charge < -0.3 is 14.4 Å². The average Bonchev–Trinajstić information content (AvgIpc) is 2.84. The Morgan fingerprint density at radius 3 is 2.52 bits per heavy atom. The molecule has 0 radical (unpaired) electrons. The van der Waals surface area contributed by atoms with Crippen LogP contribution >= 0.6 is 0 Å². The van der Waals surface area contributed by atoms with E-state index in [1.807, 2.05) is 55.9 Å². The lowest BCUT2D eigenvalue weighted by atomic mass is 10.1. The summed E-state index contributed by atoms with van der Waals surface area (Å²) in [7, 11) is 1.93. The van der Waals surface area contributed by atoms with E-state index in [2.05, 4.69) is 4.98 Å². The first-order valence-electron chi connectivity index (χ1n) is 6.86. The van der Waals surface area contributed by atoms with Crippen molar-refractivity contribution >= 4 is 5.97 Å². The van der Waals surface area contributed by atoms with E-state index in [0.717, 1.165) is 17.1 Å². The van der Waals surface area contributed by atoms with Gasteiger partial charge in [0.25, 0.3) is 0 Å². The van der Waals surface area contributed by atoms with Gasteiger partial charge in [0.15, 0.2) is 11.4 Å². The lowest BCUT2D eigenvalue weighted by Gasteiger charge is -2.26. The SMILES string of the molecule is Cn1ccnc1C(C)(C)Oc1ccc(CCC(=O)O)cc1. The highest BCUT2D eigenvalue weighted by molar-refractivity contribution is 5.67. The molecule has 0 aliphatic rings. The van der Waals surface area contributed by atoms with Gasteiger partial charge in [-0.15, -0.1) is 0 Å². The molecule has 0 atom stereocenters. The summed E-state index contributed by atoms with van der Waals surface area (Å²) in [5, 5.41) is 8.68. The normalized spacial score (nSPS) is 11.4. The maximum Gasteiger partial charge on any atom is 0.303 e. The molecule has 0 fully saturated rings. The molecule has 1 N–H and O–H groups in total. The van der Waals surface area contributed by atoms with Crippen molar-refractivity contribution in [3.05, 3.63) is 48.0 Å². The van der Waals surface area contributed by atoms with E-state index in [-0.39, 0.29) is 6.42 Å². The molecule has 0 aliphatic heterocycles. The molecule has 112 valence electrons. The molecule has 1 aromatic carbocycles. The van der Waals surface area contributed by atoms with Crippen LogP contribution in [0.25, 0.3) is 0 Å². The second kappa shape index (κ2) is 5.99. The highest BCUT2D eigenvalue weighted by Crippen LogP contribution is 2.26. The van der Waals surface area contributed by atoms with Gasteiger partial charge in [0.05, 0.1) is 0 Å². The standard InChI is InChI=1S/C16H20N2O3/c1-16(2,15-17-10-11-18(15)3)21-13-7-4-12(5-8-13)6-9-14(19)20/h4-5,7-8,10-11H,6,9H2,1-3H3,(H,19,20). The third-order valence-electron chi connectivity index (χ3n) is 3.28. The number of rotatable bonds is 6. The maximum absolute atomic E-state index is 10.6. The number of carboxylic acids is 1. The second-order valence-electron chi connectivity index (χ2n) is 5.51. The molecular weight excluding hydrogens is 268 g/mol. The average molecular weight is 288 g/mol. The van der Waals surface area contributed by atoms with E-state index in [1.165, 1.54) is 0 Å². The predicted octanol–water partition coefficient (Wildman–Crippen LogP) is 2.75. The van der Waals surface area contributed by atoms with Gasteiger partial charge in [-0.2, -0.15) is 0 Å². The van der Waals surface area contributed by atoms with E-state index < -0.39 is 11.6 Å². The van der Waals surface area contributed by atoms with Crippen molar-refractivity contribution in [1.29, 1.82) is 0 Å². The number of imidazole rings is 1. The summed E-state index contributed by atoms with van der Waals surface area (Å²) in [6.45, 7) is 3.93. The number of aliphatic carboxylic acids is 1. The fourth-order valence-electron chi connectivity index (χ4n) is 2.26. The number of hydrogen-bond acceptors (Lipinski definition) is 3. The molecule has 21 heavy (non-hydrogen) atoms. The summed E-state index contributed by atoms with van der Waals surface area (Å²) in [5.74, 6) is 0.797. The Bertz CT molecular complexity index is 615. The lowest BCUT2D eigenvalue weighted by molar-refractivity contribution is -0.136. The van der Waals surface area contributed by atoms with Crippen LogP contribution in [0.15, 0.2) is 36.7 Å². The van der Waals surface area contributed by atoms with Crippen LogP contribution in [-0.2, 0) is 23.9 Å². The van der Waals surface area contributed by atoms with Gasteiger partial charge in [-0.05, 0) is 38.0 Å². The minimum atomic E-state index is -0.786.